The van der Waals surface area contributed by atoms with E-state index in [4.69, 9.17) is 4.52 Å². The van der Waals surface area contributed by atoms with Crippen molar-refractivity contribution in [2.45, 2.75) is 25.0 Å². The van der Waals surface area contributed by atoms with E-state index in [0.29, 0.717) is 18.1 Å². The molecule has 0 saturated carbocycles. The van der Waals surface area contributed by atoms with Crippen LogP contribution in [0.5, 0.6) is 0 Å². The fourth-order valence-corrected chi connectivity index (χ4v) is 4.57. The highest BCUT2D eigenvalue weighted by molar-refractivity contribution is 9.10. The van der Waals surface area contributed by atoms with E-state index in [2.05, 4.69) is 42.7 Å². The molecule has 1 N–H and O–H groups in total. The van der Waals surface area contributed by atoms with Gasteiger partial charge < -0.3 is 4.52 Å². The van der Waals surface area contributed by atoms with E-state index < -0.39 is 0 Å². The van der Waals surface area contributed by atoms with Crippen LogP contribution in [0.25, 0.3) is 11.4 Å². The lowest BCUT2D eigenvalue weighted by Crippen LogP contribution is -2.50. The summed E-state index contributed by atoms with van der Waals surface area (Å²) in [6.07, 6.45) is 2.33. The molecule has 1 aromatic carbocycles. The van der Waals surface area contributed by atoms with Crippen LogP contribution in [0, 0.1) is 0 Å². The molecule has 2 aliphatic rings. The highest BCUT2D eigenvalue weighted by atomic mass is 79.9. The summed E-state index contributed by atoms with van der Waals surface area (Å²) in [5, 5.41) is 13.5. The van der Waals surface area contributed by atoms with Crippen LogP contribution in [-0.4, -0.2) is 38.4 Å². The summed E-state index contributed by atoms with van der Waals surface area (Å²) in [5.74, 6) is 0.720. The van der Waals surface area contributed by atoms with Crippen molar-refractivity contribution in [3.63, 3.8) is 0 Å². The normalized spacial score (nSPS) is 21.4. The molecule has 2 atom stereocenters. The summed E-state index contributed by atoms with van der Waals surface area (Å²) in [5.41, 5.74) is 4.16. The lowest BCUT2D eigenvalue weighted by molar-refractivity contribution is -0.137. The van der Waals surface area contributed by atoms with Crippen molar-refractivity contribution in [2.75, 3.05) is 0 Å². The van der Waals surface area contributed by atoms with Crippen molar-refractivity contribution >= 4 is 39.5 Å². The van der Waals surface area contributed by atoms with Crippen molar-refractivity contribution in [1.82, 2.24) is 25.6 Å². The first-order valence-corrected chi connectivity index (χ1v) is 10.4. The van der Waals surface area contributed by atoms with Gasteiger partial charge in [0, 0.05) is 21.3 Å². The Hall–Kier alpha value is -2.56. The average molecular weight is 459 g/mol. The molecule has 0 aliphatic carbocycles. The van der Waals surface area contributed by atoms with Gasteiger partial charge >= 0.3 is 0 Å². The van der Waals surface area contributed by atoms with Crippen LogP contribution in [0.15, 0.2) is 55.9 Å². The molecule has 8 nitrogen and oxygen atoms in total. The van der Waals surface area contributed by atoms with Crippen molar-refractivity contribution in [3.8, 4) is 11.4 Å². The molecule has 1 fully saturated rings. The fraction of sp³-hybridized carbons (Fsp3) is 0.222. The van der Waals surface area contributed by atoms with E-state index >= 15 is 0 Å². The molecule has 2 aromatic heterocycles. The Bertz CT molecular complexity index is 1040. The summed E-state index contributed by atoms with van der Waals surface area (Å²) in [7, 11) is 0. The quantitative estimate of drug-likeness (QED) is 0.645. The topological polar surface area (TPSA) is 86.9 Å². The van der Waals surface area contributed by atoms with Gasteiger partial charge in [-0.15, -0.1) is 11.3 Å². The van der Waals surface area contributed by atoms with Crippen LogP contribution in [-0.2, 0) is 11.3 Å². The third-order valence-electron chi connectivity index (χ3n) is 4.71. The van der Waals surface area contributed by atoms with Gasteiger partial charge in [0.2, 0.25) is 11.7 Å². The fourth-order valence-electron chi connectivity index (χ4n) is 3.33. The molecule has 142 valence electrons. The molecule has 3 aromatic rings. The van der Waals surface area contributed by atoms with Crippen LogP contribution in [0.4, 0.5) is 0 Å². The Morgan fingerprint density at radius 2 is 2.18 bits per heavy atom. The predicted molar refractivity (Wildman–Crippen MR) is 107 cm³/mol. The highest BCUT2D eigenvalue weighted by Crippen LogP contribution is 2.32. The number of nitrogens with zero attached hydrogens (tertiary/aromatic N) is 5. The number of rotatable bonds is 4. The molecule has 0 radical (unpaired) electrons. The number of fused-ring (bicyclic) bond motifs is 1. The molecule has 10 heteroatoms. The molecule has 4 heterocycles. The minimum Gasteiger partial charge on any atom is -0.337 e. The van der Waals surface area contributed by atoms with E-state index in [-0.39, 0.29) is 24.5 Å². The minimum absolute atomic E-state index is 0.0882. The van der Waals surface area contributed by atoms with Gasteiger partial charge in [0.15, 0.2) is 0 Å². The lowest BCUT2D eigenvalue weighted by atomic mass is 10.1. The Morgan fingerprint density at radius 1 is 1.29 bits per heavy atom. The number of hydrazone groups is 1. The Balaban J connectivity index is 1.31. The van der Waals surface area contributed by atoms with Crippen LogP contribution >= 0.6 is 27.3 Å². The second kappa shape index (κ2) is 7.12. The standard InChI is InChI=1S/C18H15BrN6O2S/c19-12-5-2-1-4-11(12)17-21-16(27-23-17)9-24-18(26)14-8-13(15-6-3-7-28-15)22-25(14)10-20-24/h1-7,10,13-14,22H,8-9H2. The maximum absolute atomic E-state index is 12.9. The number of nitrogens with one attached hydrogen (secondary N) is 1. The van der Waals surface area contributed by atoms with Gasteiger partial charge in [-0.05, 0) is 23.6 Å². The molecule has 0 bridgehead atoms. The molecule has 2 unspecified atom stereocenters. The summed E-state index contributed by atoms with van der Waals surface area (Å²) in [6.45, 7) is 0.140. The molecule has 1 saturated heterocycles. The number of hydrogen-bond acceptors (Lipinski definition) is 8. The van der Waals surface area contributed by atoms with Crippen molar-refractivity contribution in [2.24, 2.45) is 5.10 Å². The van der Waals surface area contributed by atoms with E-state index in [1.165, 1.54) is 9.89 Å². The first-order chi connectivity index (χ1) is 13.7. The van der Waals surface area contributed by atoms with Crippen molar-refractivity contribution in [1.29, 1.82) is 0 Å². The van der Waals surface area contributed by atoms with Crippen molar-refractivity contribution < 1.29 is 9.32 Å². The Kier molecular flexibility index (Phi) is 4.46. The number of halogens is 1. The zero-order valence-electron chi connectivity index (χ0n) is 14.5. The van der Waals surface area contributed by atoms with Crippen LogP contribution < -0.4 is 5.43 Å². The number of amides is 1. The van der Waals surface area contributed by atoms with Gasteiger partial charge in [-0.1, -0.05) is 39.3 Å². The van der Waals surface area contributed by atoms with E-state index in [1.54, 1.807) is 22.7 Å². The summed E-state index contributed by atoms with van der Waals surface area (Å²) < 4.78 is 6.22. The first kappa shape index (κ1) is 17.5. The summed E-state index contributed by atoms with van der Waals surface area (Å²) >= 11 is 5.16. The smallest absolute Gasteiger partial charge is 0.267 e. The Morgan fingerprint density at radius 3 is 3.00 bits per heavy atom. The van der Waals surface area contributed by atoms with Gasteiger partial charge in [-0.25, -0.2) is 10.4 Å². The zero-order valence-corrected chi connectivity index (χ0v) is 16.9. The minimum atomic E-state index is -0.296. The summed E-state index contributed by atoms with van der Waals surface area (Å²) in [4.78, 5) is 18.5. The van der Waals surface area contributed by atoms with Gasteiger partial charge in [0.25, 0.3) is 5.91 Å². The van der Waals surface area contributed by atoms with E-state index in [0.717, 1.165) is 10.0 Å². The average Bonchev–Trinajstić information content (AvgIpc) is 3.44. The Labute approximate surface area is 172 Å². The molecule has 1 amide bonds. The van der Waals surface area contributed by atoms with E-state index in [9.17, 15) is 4.79 Å². The number of hydrogen-bond donors (Lipinski definition) is 1. The summed E-state index contributed by atoms with van der Waals surface area (Å²) in [6, 6.07) is 11.5. The molecular weight excluding hydrogens is 444 g/mol. The van der Waals surface area contributed by atoms with Gasteiger partial charge in [-0.3, -0.25) is 9.80 Å². The molecule has 5 rings (SSSR count). The predicted octanol–water partition coefficient (Wildman–Crippen LogP) is 3.17. The second-order valence-corrected chi connectivity index (χ2v) is 8.31. The van der Waals surface area contributed by atoms with Crippen molar-refractivity contribution in [3.05, 3.63) is 57.0 Å². The van der Waals surface area contributed by atoms with Crippen LogP contribution in [0.3, 0.4) is 0 Å². The zero-order chi connectivity index (χ0) is 19.1. The lowest BCUT2D eigenvalue weighted by Gasteiger charge is -2.29. The van der Waals surface area contributed by atoms with E-state index in [1.807, 2.05) is 35.7 Å². The number of aromatic nitrogens is 2. The maximum Gasteiger partial charge on any atom is 0.267 e. The van der Waals surface area contributed by atoms with Crippen LogP contribution in [0.1, 0.15) is 23.2 Å². The first-order valence-electron chi connectivity index (χ1n) is 8.70. The van der Waals surface area contributed by atoms with Crippen LogP contribution in [0.2, 0.25) is 0 Å². The number of benzene rings is 1. The highest BCUT2D eigenvalue weighted by Gasteiger charge is 2.41. The van der Waals surface area contributed by atoms with Gasteiger partial charge in [-0.2, -0.15) is 10.1 Å². The molecule has 0 spiro atoms. The largest absolute Gasteiger partial charge is 0.337 e. The number of thiophene rings is 1. The molecule has 28 heavy (non-hydrogen) atoms. The third kappa shape index (κ3) is 3.13. The SMILES string of the molecule is O=C1C2CC(c3cccs3)NN2C=NN1Cc1nc(-c2ccccc2Br)no1. The number of hydrazine groups is 1. The molecule has 2 aliphatic heterocycles. The van der Waals surface area contributed by atoms with Gasteiger partial charge in [0.1, 0.15) is 18.9 Å². The maximum atomic E-state index is 12.9. The third-order valence-corrected chi connectivity index (χ3v) is 6.39. The second-order valence-electron chi connectivity index (χ2n) is 6.47. The van der Waals surface area contributed by atoms with Gasteiger partial charge in [0.05, 0.1) is 6.04 Å². The number of carbonyl (C=O) groups is 1. The number of carbonyl (C=O) groups excluding carboxylic acids is 1. The monoisotopic (exact) mass is 458 g/mol. The molecular formula is C18H15BrN6O2S.